The van der Waals surface area contributed by atoms with Crippen LogP contribution in [0.3, 0.4) is 0 Å². The van der Waals surface area contributed by atoms with Gasteiger partial charge in [0.2, 0.25) is 0 Å². The zero-order chi connectivity index (χ0) is 18.5. The number of aromatic nitrogens is 1. The summed E-state index contributed by atoms with van der Waals surface area (Å²) in [6.45, 7) is 0. The van der Waals surface area contributed by atoms with Crippen LogP contribution in [0.4, 0.5) is 5.69 Å². The van der Waals surface area contributed by atoms with Gasteiger partial charge in [-0.25, -0.2) is 5.43 Å². The van der Waals surface area contributed by atoms with Crippen molar-refractivity contribution in [2.45, 2.75) is 0 Å². The number of phenolic OH excluding ortho intramolecular Hbond substituents is 1. The second-order valence-corrected chi connectivity index (χ2v) is 5.34. The van der Waals surface area contributed by atoms with E-state index in [0.29, 0.717) is 5.56 Å². The molecule has 0 radical (unpaired) electrons. The van der Waals surface area contributed by atoms with E-state index in [-0.39, 0.29) is 17.0 Å². The van der Waals surface area contributed by atoms with Crippen molar-refractivity contribution in [3.8, 4) is 11.4 Å². The van der Waals surface area contributed by atoms with E-state index >= 15 is 0 Å². The van der Waals surface area contributed by atoms with Gasteiger partial charge in [-0.15, -0.1) is 0 Å². The van der Waals surface area contributed by atoms with Gasteiger partial charge >= 0.3 is 0 Å². The number of amides is 1. The van der Waals surface area contributed by atoms with Gasteiger partial charge in [0.15, 0.2) is 0 Å². The summed E-state index contributed by atoms with van der Waals surface area (Å²) in [6.07, 6.45) is 4.87. The number of nitrogens with zero attached hydrogens (tertiary/aromatic N) is 3. The van der Waals surface area contributed by atoms with Gasteiger partial charge in [-0.2, -0.15) is 5.10 Å². The monoisotopic (exact) mass is 350 g/mol. The first-order chi connectivity index (χ1) is 12.5. The normalized spacial score (nSPS) is 10.8. The summed E-state index contributed by atoms with van der Waals surface area (Å²) in [4.78, 5) is 22.4. The molecule has 0 spiro atoms. The summed E-state index contributed by atoms with van der Waals surface area (Å²) in [5, 5.41) is 24.2. The smallest absolute Gasteiger partial charge is 0.271 e. The van der Waals surface area contributed by atoms with E-state index in [2.05, 4.69) is 10.5 Å². The third-order valence-corrected chi connectivity index (χ3v) is 3.60. The highest BCUT2D eigenvalue weighted by Crippen LogP contribution is 2.21. The van der Waals surface area contributed by atoms with Gasteiger partial charge in [0.1, 0.15) is 5.75 Å². The predicted octanol–water partition coefficient (Wildman–Crippen LogP) is 2.86. The van der Waals surface area contributed by atoms with Crippen molar-refractivity contribution >= 4 is 17.8 Å². The minimum Gasteiger partial charge on any atom is -0.507 e. The van der Waals surface area contributed by atoms with Crippen molar-refractivity contribution in [3.63, 3.8) is 0 Å². The van der Waals surface area contributed by atoms with E-state index in [1.807, 2.05) is 35.2 Å². The molecular formula is C18H14N4O4. The number of benzene rings is 2. The Morgan fingerprint density at radius 2 is 1.92 bits per heavy atom. The molecular weight excluding hydrogens is 336 g/mol. The lowest BCUT2D eigenvalue weighted by atomic mass is 10.2. The average molecular weight is 350 g/mol. The molecule has 8 nitrogen and oxygen atoms in total. The number of nitrogens with one attached hydrogen (secondary N) is 1. The summed E-state index contributed by atoms with van der Waals surface area (Å²) in [5.41, 5.74) is 3.50. The third kappa shape index (κ3) is 3.75. The van der Waals surface area contributed by atoms with Crippen LogP contribution in [0.25, 0.3) is 5.69 Å². The number of rotatable bonds is 5. The van der Waals surface area contributed by atoms with E-state index < -0.39 is 10.8 Å². The molecule has 3 aromatic rings. The maximum absolute atomic E-state index is 12.2. The minimum absolute atomic E-state index is 0.126. The third-order valence-electron chi connectivity index (χ3n) is 3.60. The Morgan fingerprint density at radius 3 is 2.65 bits per heavy atom. The molecule has 1 aromatic heterocycles. The van der Waals surface area contributed by atoms with Crippen LogP contribution in [-0.4, -0.2) is 26.7 Å². The molecule has 1 amide bonds. The Kier molecular flexibility index (Phi) is 4.75. The molecule has 0 saturated carbocycles. The van der Waals surface area contributed by atoms with E-state index in [0.717, 1.165) is 18.0 Å². The van der Waals surface area contributed by atoms with Crippen LogP contribution in [0.5, 0.6) is 5.75 Å². The molecule has 0 saturated heterocycles. The van der Waals surface area contributed by atoms with Crippen molar-refractivity contribution in [2.24, 2.45) is 5.10 Å². The second-order valence-electron chi connectivity index (χ2n) is 5.34. The van der Waals surface area contributed by atoms with Crippen molar-refractivity contribution in [2.75, 3.05) is 0 Å². The quantitative estimate of drug-likeness (QED) is 0.419. The maximum atomic E-state index is 12.2. The molecule has 2 aromatic carbocycles. The van der Waals surface area contributed by atoms with Gasteiger partial charge in [-0.05, 0) is 36.4 Å². The Bertz CT molecular complexity index is 981. The van der Waals surface area contributed by atoms with E-state index in [9.17, 15) is 20.0 Å². The average Bonchev–Trinajstić information content (AvgIpc) is 3.18. The van der Waals surface area contributed by atoms with E-state index in [4.69, 9.17) is 0 Å². The zero-order valence-corrected chi connectivity index (χ0v) is 13.4. The number of hydrazone groups is 1. The molecule has 0 atom stereocenters. The van der Waals surface area contributed by atoms with Gasteiger partial charge in [-0.3, -0.25) is 14.9 Å². The number of non-ortho nitro benzene ring substituents is 1. The largest absolute Gasteiger partial charge is 0.507 e. The van der Waals surface area contributed by atoms with Crippen LogP contribution < -0.4 is 5.43 Å². The summed E-state index contributed by atoms with van der Waals surface area (Å²) in [5.74, 6) is -0.622. The summed E-state index contributed by atoms with van der Waals surface area (Å²) < 4.78 is 1.86. The topological polar surface area (TPSA) is 110 Å². The number of hydrogen-bond donors (Lipinski definition) is 2. The molecule has 0 aliphatic rings. The van der Waals surface area contributed by atoms with Gasteiger partial charge < -0.3 is 9.67 Å². The molecule has 26 heavy (non-hydrogen) atoms. The van der Waals surface area contributed by atoms with E-state index in [1.54, 1.807) is 18.2 Å². The molecule has 0 fully saturated rings. The molecule has 2 N–H and O–H groups in total. The number of carbonyl (C=O) groups excluding carboxylic acids is 1. The molecule has 8 heteroatoms. The van der Waals surface area contributed by atoms with Crippen LogP contribution >= 0.6 is 0 Å². The zero-order valence-electron chi connectivity index (χ0n) is 13.4. The number of carbonyl (C=O) groups is 1. The number of phenols is 1. The van der Waals surface area contributed by atoms with Crippen molar-refractivity contribution in [1.82, 2.24) is 9.99 Å². The fourth-order valence-corrected chi connectivity index (χ4v) is 2.30. The summed E-state index contributed by atoms with van der Waals surface area (Å²) in [6, 6.07) is 14.3. The number of nitro benzene ring substituents is 1. The molecule has 130 valence electrons. The number of nitro groups is 1. The maximum Gasteiger partial charge on any atom is 0.271 e. The van der Waals surface area contributed by atoms with E-state index in [1.165, 1.54) is 12.1 Å². The lowest BCUT2D eigenvalue weighted by Crippen LogP contribution is -2.17. The van der Waals surface area contributed by atoms with Gasteiger partial charge in [0.25, 0.3) is 11.6 Å². The first-order valence-corrected chi connectivity index (χ1v) is 7.59. The lowest BCUT2D eigenvalue weighted by molar-refractivity contribution is -0.384. The van der Waals surface area contributed by atoms with Crippen LogP contribution in [-0.2, 0) is 0 Å². The molecule has 1 heterocycles. The highest BCUT2D eigenvalue weighted by Gasteiger charge is 2.09. The van der Waals surface area contributed by atoms with Crippen LogP contribution in [0.1, 0.15) is 15.9 Å². The predicted molar refractivity (Wildman–Crippen MR) is 95.6 cm³/mol. The molecule has 0 unspecified atom stereocenters. The van der Waals surface area contributed by atoms with Crippen LogP contribution in [0.2, 0.25) is 0 Å². The molecule has 3 rings (SSSR count). The fourth-order valence-electron chi connectivity index (χ4n) is 2.30. The Morgan fingerprint density at radius 1 is 1.15 bits per heavy atom. The van der Waals surface area contributed by atoms with Crippen molar-refractivity contribution < 1.29 is 14.8 Å². The Balaban J connectivity index is 1.73. The highest BCUT2D eigenvalue weighted by molar-refractivity contribution is 5.95. The Hall–Kier alpha value is -3.94. The lowest BCUT2D eigenvalue weighted by Gasteiger charge is -2.05. The molecule has 0 bridgehead atoms. The number of aromatic hydroxyl groups is 1. The molecule has 0 aliphatic heterocycles. The van der Waals surface area contributed by atoms with Crippen LogP contribution in [0, 0.1) is 10.1 Å². The van der Waals surface area contributed by atoms with Gasteiger partial charge in [0, 0.05) is 41.3 Å². The van der Waals surface area contributed by atoms with Gasteiger partial charge in [-0.1, -0.05) is 6.07 Å². The first-order valence-electron chi connectivity index (χ1n) is 7.59. The van der Waals surface area contributed by atoms with Crippen LogP contribution in [0.15, 0.2) is 72.1 Å². The van der Waals surface area contributed by atoms with Crippen molar-refractivity contribution in [3.05, 3.63) is 88.2 Å². The molecule has 0 aliphatic carbocycles. The summed E-state index contributed by atoms with van der Waals surface area (Å²) >= 11 is 0. The standard InChI is InChI=1S/C18H14N4O4/c23-17-7-6-16(22(25)26)11-14(17)12-19-20-18(24)13-4-3-5-15(10-13)21-8-1-2-9-21/h1-12,23H,(H,20,24)/b19-12+. The number of hydrogen-bond acceptors (Lipinski definition) is 5. The SMILES string of the molecule is O=C(N/N=C/c1cc([N+](=O)[O-])ccc1O)c1cccc(-n2cccc2)c1. The first kappa shape index (κ1) is 16.9. The Labute approximate surface area is 148 Å². The highest BCUT2D eigenvalue weighted by atomic mass is 16.6. The second kappa shape index (κ2) is 7.31. The fraction of sp³-hybridized carbons (Fsp3) is 0. The summed E-state index contributed by atoms with van der Waals surface area (Å²) in [7, 11) is 0. The minimum atomic E-state index is -0.581. The van der Waals surface area contributed by atoms with Crippen molar-refractivity contribution in [1.29, 1.82) is 0 Å². The van der Waals surface area contributed by atoms with Gasteiger partial charge in [0.05, 0.1) is 11.1 Å².